The number of alkyl halides is 1. The standard InChI is InChI=1S/C23H39IO5/c1-4-5-7-15(2)12-16(25)10-11-17-18-13-22(29-21(18)14-20(17)26)19(24)8-6-9-23(27)28-3/h10-11,15-22,25-26H,4-9,12-14H2,1-3H3/t15-,16+,17+,18+,19?,20+,21+,22?/m0/s1. The van der Waals surface area contributed by atoms with Crippen molar-refractivity contribution >= 4 is 28.6 Å². The van der Waals surface area contributed by atoms with Gasteiger partial charge in [0.1, 0.15) is 0 Å². The predicted molar refractivity (Wildman–Crippen MR) is 123 cm³/mol. The van der Waals surface area contributed by atoms with Crippen LogP contribution in [0.5, 0.6) is 0 Å². The van der Waals surface area contributed by atoms with Gasteiger partial charge in [-0.25, -0.2) is 0 Å². The molecule has 0 amide bonds. The zero-order valence-electron chi connectivity index (χ0n) is 18.1. The van der Waals surface area contributed by atoms with E-state index in [4.69, 9.17) is 9.47 Å². The third-order valence-corrected chi connectivity index (χ3v) is 7.91. The predicted octanol–water partition coefficient (Wildman–Crippen LogP) is 4.42. The van der Waals surface area contributed by atoms with Crippen LogP contribution >= 0.6 is 22.6 Å². The Morgan fingerprint density at radius 2 is 2.07 bits per heavy atom. The lowest BCUT2D eigenvalue weighted by atomic mass is 9.88. The number of esters is 1. The van der Waals surface area contributed by atoms with Crippen LogP contribution in [-0.4, -0.2) is 51.6 Å². The van der Waals surface area contributed by atoms with Gasteiger partial charge in [0, 0.05) is 22.7 Å². The highest BCUT2D eigenvalue weighted by molar-refractivity contribution is 14.1. The smallest absolute Gasteiger partial charge is 0.305 e. The van der Waals surface area contributed by atoms with E-state index in [2.05, 4.69) is 36.4 Å². The van der Waals surface area contributed by atoms with Crippen molar-refractivity contribution in [1.82, 2.24) is 0 Å². The fourth-order valence-corrected chi connectivity index (χ4v) is 5.67. The lowest BCUT2D eigenvalue weighted by molar-refractivity contribution is -0.140. The highest BCUT2D eigenvalue weighted by Gasteiger charge is 2.49. The Balaban J connectivity index is 1.81. The number of carbonyl (C=O) groups is 1. The normalized spacial score (nSPS) is 32.3. The summed E-state index contributed by atoms with van der Waals surface area (Å²) >= 11 is 2.43. The fourth-order valence-electron chi connectivity index (χ4n) is 4.77. The maximum absolute atomic E-state index is 11.3. The van der Waals surface area contributed by atoms with Gasteiger partial charge in [-0.15, -0.1) is 0 Å². The minimum Gasteiger partial charge on any atom is -0.469 e. The second kappa shape index (κ2) is 12.6. The molecule has 5 nitrogen and oxygen atoms in total. The van der Waals surface area contributed by atoms with Crippen LogP contribution < -0.4 is 0 Å². The van der Waals surface area contributed by atoms with Crippen LogP contribution in [0.3, 0.4) is 0 Å². The molecule has 2 aliphatic rings. The largest absolute Gasteiger partial charge is 0.469 e. The number of halogens is 1. The summed E-state index contributed by atoms with van der Waals surface area (Å²) in [4.78, 5) is 11.3. The first-order valence-electron chi connectivity index (χ1n) is 11.3. The van der Waals surface area contributed by atoms with Crippen molar-refractivity contribution in [2.75, 3.05) is 7.11 Å². The van der Waals surface area contributed by atoms with Gasteiger partial charge >= 0.3 is 5.97 Å². The number of fused-ring (bicyclic) bond motifs is 1. The van der Waals surface area contributed by atoms with Crippen molar-refractivity contribution in [3.05, 3.63) is 12.2 Å². The van der Waals surface area contributed by atoms with Gasteiger partial charge in [0.15, 0.2) is 0 Å². The van der Waals surface area contributed by atoms with Crippen molar-refractivity contribution < 1.29 is 24.5 Å². The number of hydrogen-bond donors (Lipinski definition) is 2. The first-order chi connectivity index (χ1) is 13.8. The zero-order chi connectivity index (χ0) is 21.4. The van der Waals surface area contributed by atoms with E-state index in [9.17, 15) is 15.0 Å². The van der Waals surface area contributed by atoms with Crippen molar-refractivity contribution in [2.24, 2.45) is 17.8 Å². The monoisotopic (exact) mass is 522 g/mol. The summed E-state index contributed by atoms with van der Waals surface area (Å²) in [5, 5.41) is 20.9. The average molecular weight is 522 g/mol. The number of rotatable bonds is 12. The summed E-state index contributed by atoms with van der Waals surface area (Å²) in [5.74, 6) is 0.728. The van der Waals surface area contributed by atoms with E-state index in [1.54, 1.807) is 0 Å². The second-order valence-electron chi connectivity index (χ2n) is 8.91. The van der Waals surface area contributed by atoms with Gasteiger partial charge in [0.05, 0.1) is 31.5 Å². The summed E-state index contributed by atoms with van der Waals surface area (Å²) < 4.78 is 11.3. The molecule has 0 aromatic heterocycles. The topological polar surface area (TPSA) is 76.0 Å². The summed E-state index contributed by atoms with van der Waals surface area (Å²) in [5.41, 5.74) is 0. The molecule has 6 heteroatoms. The van der Waals surface area contributed by atoms with Crippen molar-refractivity contribution in [2.45, 2.75) is 100.0 Å². The van der Waals surface area contributed by atoms with Crippen molar-refractivity contribution in [1.29, 1.82) is 0 Å². The van der Waals surface area contributed by atoms with Gasteiger partial charge in [0.2, 0.25) is 0 Å². The summed E-state index contributed by atoms with van der Waals surface area (Å²) in [6.07, 6.45) is 11.5. The zero-order valence-corrected chi connectivity index (χ0v) is 20.3. The van der Waals surface area contributed by atoms with Gasteiger partial charge in [-0.3, -0.25) is 4.79 Å². The molecular weight excluding hydrogens is 483 g/mol. The number of aliphatic hydroxyl groups excluding tert-OH is 2. The lowest BCUT2D eigenvalue weighted by Crippen LogP contribution is -2.24. The minimum absolute atomic E-state index is 0.0595. The second-order valence-corrected chi connectivity index (χ2v) is 10.5. The van der Waals surface area contributed by atoms with E-state index >= 15 is 0 Å². The average Bonchev–Trinajstić information content (AvgIpc) is 3.21. The number of hydrogen-bond acceptors (Lipinski definition) is 5. The van der Waals surface area contributed by atoms with Crippen LogP contribution in [0.2, 0.25) is 0 Å². The van der Waals surface area contributed by atoms with Gasteiger partial charge in [-0.2, -0.15) is 0 Å². The molecule has 2 fully saturated rings. The molecule has 2 unspecified atom stereocenters. The Bertz CT molecular complexity index is 525. The van der Waals surface area contributed by atoms with Crippen LogP contribution in [0.1, 0.15) is 71.6 Å². The fraction of sp³-hybridized carbons (Fsp3) is 0.870. The lowest BCUT2D eigenvalue weighted by Gasteiger charge is -2.21. The van der Waals surface area contributed by atoms with Gasteiger partial charge in [-0.05, 0) is 37.5 Å². The molecule has 1 saturated heterocycles. The van der Waals surface area contributed by atoms with Gasteiger partial charge in [-0.1, -0.05) is 67.9 Å². The van der Waals surface area contributed by atoms with E-state index < -0.39 is 6.10 Å². The number of methoxy groups -OCH3 is 1. The molecule has 0 spiro atoms. The number of ether oxygens (including phenoxy) is 2. The molecule has 0 radical (unpaired) electrons. The highest BCUT2D eigenvalue weighted by Crippen LogP contribution is 2.46. The quantitative estimate of drug-likeness (QED) is 0.172. The summed E-state index contributed by atoms with van der Waals surface area (Å²) in [7, 11) is 1.42. The molecule has 0 aromatic rings. The third-order valence-electron chi connectivity index (χ3n) is 6.49. The summed E-state index contributed by atoms with van der Waals surface area (Å²) in [6.45, 7) is 4.39. The Hall–Kier alpha value is -0.180. The van der Waals surface area contributed by atoms with Crippen LogP contribution in [0.25, 0.3) is 0 Å². The van der Waals surface area contributed by atoms with Crippen LogP contribution in [0.15, 0.2) is 12.2 Å². The van der Waals surface area contributed by atoms with E-state index in [1.165, 1.54) is 20.0 Å². The minimum atomic E-state index is -0.443. The van der Waals surface area contributed by atoms with E-state index in [0.717, 1.165) is 32.1 Å². The van der Waals surface area contributed by atoms with Crippen molar-refractivity contribution in [3.8, 4) is 0 Å². The number of unbranched alkanes of at least 4 members (excludes halogenated alkanes) is 1. The molecule has 2 rings (SSSR count). The molecule has 1 heterocycles. The maximum atomic E-state index is 11.3. The third kappa shape index (κ3) is 7.78. The Kier molecular flexibility index (Phi) is 10.9. The molecule has 8 atom stereocenters. The molecule has 0 aromatic carbocycles. The van der Waals surface area contributed by atoms with Gasteiger partial charge in [0.25, 0.3) is 0 Å². The molecule has 1 aliphatic heterocycles. The molecule has 0 bridgehead atoms. The molecular formula is C23H39IO5. The molecule has 2 N–H and O–H groups in total. The van der Waals surface area contributed by atoms with Crippen LogP contribution in [0, 0.1) is 17.8 Å². The maximum Gasteiger partial charge on any atom is 0.305 e. The number of carbonyl (C=O) groups excluding carboxylic acids is 1. The Morgan fingerprint density at radius 3 is 2.76 bits per heavy atom. The van der Waals surface area contributed by atoms with E-state index in [1.807, 2.05) is 12.2 Å². The number of aliphatic hydroxyl groups is 2. The van der Waals surface area contributed by atoms with Crippen LogP contribution in [-0.2, 0) is 14.3 Å². The molecule has 1 aliphatic carbocycles. The molecule has 29 heavy (non-hydrogen) atoms. The van der Waals surface area contributed by atoms with Crippen molar-refractivity contribution in [3.63, 3.8) is 0 Å². The summed E-state index contributed by atoms with van der Waals surface area (Å²) in [6, 6.07) is 0. The first kappa shape index (κ1) is 25.1. The van der Waals surface area contributed by atoms with Gasteiger partial charge < -0.3 is 19.7 Å². The van der Waals surface area contributed by atoms with Crippen LogP contribution in [0.4, 0.5) is 0 Å². The highest BCUT2D eigenvalue weighted by atomic mass is 127. The Morgan fingerprint density at radius 1 is 1.31 bits per heavy atom. The first-order valence-corrected chi connectivity index (χ1v) is 12.5. The Labute approximate surface area is 189 Å². The molecule has 1 saturated carbocycles. The van der Waals surface area contributed by atoms with E-state index in [0.29, 0.717) is 28.6 Å². The molecule has 168 valence electrons. The SMILES string of the molecule is CCCC[C@H](C)C[C@H](O)C=C[C@@H]1[C@H]2CC(C(I)CCCC(=O)OC)O[C@@H]2C[C@H]1O. The van der Waals surface area contributed by atoms with E-state index in [-0.39, 0.29) is 30.2 Å².